The van der Waals surface area contributed by atoms with Crippen LogP contribution in [0.2, 0.25) is 0 Å². The van der Waals surface area contributed by atoms with Gasteiger partial charge in [-0.25, -0.2) is 4.68 Å². The lowest BCUT2D eigenvalue weighted by molar-refractivity contribution is 0.423. The number of rotatable bonds is 5. The Morgan fingerprint density at radius 3 is 2.94 bits per heavy atom. The summed E-state index contributed by atoms with van der Waals surface area (Å²) in [5.74, 6) is 0.795. The highest BCUT2D eigenvalue weighted by Gasteiger charge is 2.21. The van der Waals surface area contributed by atoms with Crippen molar-refractivity contribution in [1.82, 2.24) is 20.2 Å². The van der Waals surface area contributed by atoms with E-state index in [1.807, 2.05) is 4.68 Å². The summed E-state index contributed by atoms with van der Waals surface area (Å²) in [7, 11) is 0. The van der Waals surface area contributed by atoms with E-state index in [1.165, 1.54) is 25.7 Å². The van der Waals surface area contributed by atoms with Crippen LogP contribution < -0.4 is 5.73 Å². The van der Waals surface area contributed by atoms with Crippen molar-refractivity contribution in [2.75, 3.05) is 12.3 Å². The van der Waals surface area contributed by atoms with Gasteiger partial charge in [0.2, 0.25) is 5.16 Å². The van der Waals surface area contributed by atoms with E-state index in [9.17, 15) is 0 Å². The fourth-order valence-corrected chi connectivity index (χ4v) is 2.75. The lowest BCUT2D eigenvalue weighted by Gasteiger charge is -2.10. The Hall–Kier alpha value is -0.880. The summed E-state index contributed by atoms with van der Waals surface area (Å²) in [6.45, 7) is 4.40. The van der Waals surface area contributed by atoms with Gasteiger partial charge in [-0.2, -0.15) is 0 Å². The zero-order chi connectivity index (χ0) is 11.4. The van der Waals surface area contributed by atoms with Crippen LogP contribution in [0, 0.1) is 0 Å². The van der Waals surface area contributed by atoms with Crippen LogP contribution in [-0.4, -0.2) is 32.5 Å². The molecule has 0 amide bonds. The first kappa shape index (κ1) is 11.6. The molecule has 1 aromatic rings. The van der Waals surface area contributed by atoms with Crippen molar-refractivity contribution in [2.45, 2.75) is 36.9 Å². The first-order valence-corrected chi connectivity index (χ1v) is 6.57. The highest BCUT2D eigenvalue weighted by atomic mass is 32.2. The number of nitrogens with two attached hydrogens (primary N) is 1. The molecule has 1 fully saturated rings. The topological polar surface area (TPSA) is 69.6 Å². The second kappa shape index (κ2) is 5.45. The first-order valence-electron chi connectivity index (χ1n) is 5.58. The normalized spacial score (nSPS) is 16.8. The summed E-state index contributed by atoms with van der Waals surface area (Å²) in [6.07, 6.45) is 4.95. The molecule has 1 aromatic heterocycles. The third kappa shape index (κ3) is 2.62. The van der Waals surface area contributed by atoms with Crippen LogP contribution in [0.4, 0.5) is 0 Å². The minimum absolute atomic E-state index is 0.489. The Balaban J connectivity index is 1.98. The maximum atomic E-state index is 5.50. The van der Waals surface area contributed by atoms with Crippen molar-refractivity contribution in [2.24, 2.45) is 5.73 Å². The van der Waals surface area contributed by atoms with Gasteiger partial charge in [-0.15, -0.1) is 5.10 Å². The molecule has 0 saturated heterocycles. The number of aromatic nitrogens is 4. The summed E-state index contributed by atoms with van der Waals surface area (Å²) >= 11 is 1.62. The summed E-state index contributed by atoms with van der Waals surface area (Å²) < 4.78 is 1.96. The van der Waals surface area contributed by atoms with Gasteiger partial charge in [0.15, 0.2) is 0 Å². The molecule has 1 heterocycles. The third-order valence-corrected chi connectivity index (χ3v) is 3.91. The van der Waals surface area contributed by atoms with Crippen LogP contribution >= 0.6 is 11.8 Å². The van der Waals surface area contributed by atoms with Crippen molar-refractivity contribution >= 4 is 11.8 Å². The number of nitrogens with zero attached hydrogens (tertiary/aromatic N) is 4. The lowest BCUT2D eigenvalue weighted by Crippen LogP contribution is -2.09. The molecule has 6 heteroatoms. The van der Waals surface area contributed by atoms with Gasteiger partial charge in [0.25, 0.3) is 0 Å². The van der Waals surface area contributed by atoms with Crippen LogP contribution in [0.3, 0.4) is 0 Å². The highest BCUT2D eigenvalue weighted by Crippen LogP contribution is 2.31. The van der Waals surface area contributed by atoms with Gasteiger partial charge in [-0.3, -0.25) is 0 Å². The van der Waals surface area contributed by atoms with E-state index < -0.39 is 0 Å². The molecule has 0 atom stereocenters. The lowest BCUT2D eigenvalue weighted by atomic mass is 10.3. The average molecular weight is 239 g/mol. The molecule has 0 bridgehead atoms. The van der Waals surface area contributed by atoms with Gasteiger partial charge in [0.1, 0.15) is 0 Å². The van der Waals surface area contributed by atoms with E-state index in [4.69, 9.17) is 5.73 Å². The maximum absolute atomic E-state index is 5.50. The summed E-state index contributed by atoms with van der Waals surface area (Å²) in [4.78, 5) is 0. The van der Waals surface area contributed by atoms with Gasteiger partial charge >= 0.3 is 0 Å². The van der Waals surface area contributed by atoms with Gasteiger partial charge in [-0.1, -0.05) is 36.8 Å². The number of hydrogen-bond acceptors (Lipinski definition) is 5. The molecule has 1 aliphatic rings. The van der Waals surface area contributed by atoms with Gasteiger partial charge < -0.3 is 5.73 Å². The SMILES string of the molecule is C=C(CN)CSc1nnnn1C1CCCC1. The Kier molecular flexibility index (Phi) is 3.95. The average Bonchev–Trinajstić information content (AvgIpc) is 2.95. The first-order chi connectivity index (χ1) is 7.81. The summed E-state index contributed by atoms with van der Waals surface area (Å²) in [6, 6.07) is 0.489. The van der Waals surface area contributed by atoms with Crippen molar-refractivity contribution < 1.29 is 0 Å². The van der Waals surface area contributed by atoms with Gasteiger partial charge in [-0.05, 0) is 23.3 Å². The molecule has 88 valence electrons. The van der Waals surface area contributed by atoms with E-state index >= 15 is 0 Å². The predicted octanol–water partition coefficient (Wildman–Crippen LogP) is 1.40. The second-order valence-corrected chi connectivity index (χ2v) is 5.03. The molecule has 0 unspecified atom stereocenters. The zero-order valence-electron chi connectivity index (χ0n) is 9.30. The van der Waals surface area contributed by atoms with E-state index in [0.717, 1.165) is 16.5 Å². The standard InChI is InChI=1S/C10H17N5S/c1-8(6-11)7-16-10-12-13-14-15(10)9-4-2-3-5-9/h9H,1-7,11H2. The summed E-state index contributed by atoms with van der Waals surface area (Å²) in [5.41, 5.74) is 6.52. The highest BCUT2D eigenvalue weighted by molar-refractivity contribution is 7.99. The van der Waals surface area contributed by atoms with E-state index in [1.54, 1.807) is 11.8 Å². The van der Waals surface area contributed by atoms with Gasteiger partial charge in [0, 0.05) is 12.3 Å². The van der Waals surface area contributed by atoms with Crippen molar-refractivity contribution in [3.8, 4) is 0 Å². The molecular weight excluding hydrogens is 222 g/mol. The molecule has 2 N–H and O–H groups in total. The molecule has 1 aliphatic carbocycles. The Bertz CT molecular complexity index is 356. The molecule has 0 spiro atoms. The van der Waals surface area contributed by atoms with Crippen LogP contribution in [0.1, 0.15) is 31.7 Å². The molecule has 5 nitrogen and oxygen atoms in total. The molecular formula is C10H17N5S. The number of tetrazole rings is 1. The maximum Gasteiger partial charge on any atom is 0.209 e. The minimum atomic E-state index is 0.489. The number of thioether (sulfide) groups is 1. The van der Waals surface area contributed by atoms with Crippen LogP contribution in [0.25, 0.3) is 0 Å². The quantitative estimate of drug-likeness (QED) is 0.621. The number of hydrogen-bond donors (Lipinski definition) is 1. The van der Waals surface area contributed by atoms with Crippen molar-refractivity contribution in [1.29, 1.82) is 0 Å². The smallest absolute Gasteiger partial charge is 0.209 e. The molecule has 2 rings (SSSR count). The second-order valence-electron chi connectivity index (χ2n) is 4.09. The fourth-order valence-electron chi connectivity index (χ4n) is 1.88. The van der Waals surface area contributed by atoms with Crippen molar-refractivity contribution in [3.05, 3.63) is 12.2 Å². The molecule has 0 radical (unpaired) electrons. The predicted molar refractivity (Wildman–Crippen MR) is 64.2 cm³/mol. The third-order valence-electron chi connectivity index (χ3n) is 2.83. The van der Waals surface area contributed by atoms with Crippen LogP contribution in [-0.2, 0) is 0 Å². The van der Waals surface area contributed by atoms with E-state index in [2.05, 4.69) is 22.1 Å². The Morgan fingerprint density at radius 1 is 1.50 bits per heavy atom. The Morgan fingerprint density at radius 2 is 2.25 bits per heavy atom. The van der Waals surface area contributed by atoms with Crippen molar-refractivity contribution in [3.63, 3.8) is 0 Å². The molecule has 1 saturated carbocycles. The van der Waals surface area contributed by atoms with Crippen LogP contribution in [0.15, 0.2) is 17.3 Å². The van der Waals surface area contributed by atoms with Gasteiger partial charge in [0.05, 0.1) is 6.04 Å². The fraction of sp³-hybridized carbons (Fsp3) is 0.700. The Labute approximate surface area is 99.5 Å². The van der Waals surface area contributed by atoms with Crippen LogP contribution in [0.5, 0.6) is 0 Å². The zero-order valence-corrected chi connectivity index (χ0v) is 10.1. The molecule has 0 aromatic carbocycles. The van der Waals surface area contributed by atoms with E-state index in [0.29, 0.717) is 12.6 Å². The molecule has 16 heavy (non-hydrogen) atoms. The summed E-state index contributed by atoms with van der Waals surface area (Å²) in [5, 5.41) is 12.8. The monoisotopic (exact) mass is 239 g/mol. The minimum Gasteiger partial charge on any atom is -0.327 e. The largest absolute Gasteiger partial charge is 0.327 e. The van der Waals surface area contributed by atoms with E-state index in [-0.39, 0.29) is 0 Å². The molecule has 0 aliphatic heterocycles.